The number of carbonyl (C=O) groups excluding carboxylic acids is 1. The van der Waals surface area contributed by atoms with Gasteiger partial charge in [0.15, 0.2) is 0 Å². The molecule has 92 valence electrons. The average molecular weight is 308 g/mol. The minimum Gasteiger partial charge on any atom is -0.322 e. The Labute approximate surface area is 113 Å². The zero-order valence-corrected chi connectivity index (χ0v) is 11.3. The number of nitrogens with one attached hydrogen (secondary N) is 1. The van der Waals surface area contributed by atoms with Crippen molar-refractivity contribution in [2.24, 2.45) is 0 Å². The Balaban J connectivity index is 2.19. The molecule has 1 N–H and O–H groups in total. The molecule has 0 spiro atoms. The van der Waals surface area contributed by atoms with Crippen molar-refractivity contribution in [3.05, 3.63) is 63.9 Å². The molecule has 0 saturated heterocycles. The summed E-state index contributed by atoms with van der Waals surface area (Å²) in [4.78, 5) is 11.9. The number of hydrogen-bond donors (Lipinski definition) is 1. The molecule has 0 bridgehead atoms. The number of benzene rings is 2. The molecule has 2 aromatic carbocycles. The van der Waals surface area contributed by atoms with Gasteiger partial charge in [-0.05, 0) is 42.8 Å². The van der Waals surface area contributed by atoms with Crippen LogP contribution in [0.25, 0.3) is 0 Å². The predicted octanol–water partition coefficient (Wildman–Crippen LogP) is 4.15. The fourth-order valence-corrected chi connectivity index (χ4v) is 1.90. The molecular weight excluding hydrogens is 297 g/mol. The van der Waals surface area contributed by atoms with Gasteiger partial charge in [0.2, 0.25) is 0 Å². The van der Waals surface area contributed by atoms with Gasteiger partial charge in [-0.1, -0.05) is 28.1 Å². The molecule has 1 amide bonds. The molecule has 0 fully saturated rings. The molecule has 2 aromatic rings. The van der Waals surface area contributed by atoms with Gasteiger partial charge in [0.05, 0.1) is 0 Å². The molecule has 0 aromatic heterocycles. The summed E-state index contributed by atoms with van der Waals surface area (Å²) in [6.45, 7) is 1.66. The van der Waals surface area contributed by atoms with Gasteiger partial charge in [-0.15, -0.1) is 0 Å². The van der Waals surface area contributed by atoms with Crippen LogP contribution in [0.1, 0.15) is 15.9 Å². The first-order valence-corrected chi connectivity index (χ1v) is 6.18. The Hall–Kier alpha value is -1.68. The van der Waals surface area contributed by atoms with Gasteiger partial charge in [0, 0.05) is 15.7 Å². The van der Waals surface area contributed by atoms with E-state index in [0.29, 0.717) is 16.8 Å². The van der Waals surface area contributed by atoms with E-state index in [1.807, 2.05) is 12.1 Å². The lowest BCUT2D eigenvalue weighted by Crippen LogP contribution is -2.12. The highest BCUT2D eigenvalue weighted by atomic mass is 79.9. The van der Waals surface area contributed by atoms with E-state index in [1.54, 1.807) is 31.2 Å². The number of anilines is 1. The van der Waals surface area contributed by atoms with Crippen LogP contribution in [0.2, 0.25) is 0 Å². The summed E-state index contributed by atoms with van der Waals surface area (Å²) in [5.74, 6) is -0.705. The smallest absolute Gasteiger partial charge is 0.255 e. The maximum absolute atomic E-state index is 13.4. The summed E-state index contributed by atoms with van der Waals surface area (Å²) in [5.41, 5.74) is 1.49. The number of carbonyl (C=O) groups is 1. The van der Waals surface area contributed by atoms with Crippen LogP contribution in [0.5, 0.6) is 0 Å². The summed E-state index contributed by atoms with van der Waals surface area (Å²) in [6.07, 6.45) is 0. The maximum atomic E-state index is 13.4. The molecule has 0 aliphatic rings. The first-order chi connectivity index (χ1) is 8.56. The highest BCUT2D eigenvalue weighted by Crippen LogP contribution is 2.17. The van der Waals surface area contributed by atoms with Crippen LogP contribution in [-0.4, -0.2) is 5.91 Å². The molecule has 0 heterocycles. The van der Waals surface area contributed by atoms with Crippen molar-refractivity contribution in [3.8, 4) is 0 Å². The molecule has 0 radical (unpaired) electrons. The second-order valence-electron chi connectivity index (χ2n) is 3.93. The van der Waals surface area contributed by atoms with Crippen LogP contribution in [0.4, 0.5) is 10.1 Å². The first kappa shape index (κ1) is 12.8. The number of amides is 1. The summed E-state index contributed by atoms with van der Waals surface area (Å²) < 4.78 is 14.2. The van der Waals surface area contributed by atoms with Crippen molar-refractivity contribution in [1.82, 2.24) is 0 Å². The van der Waals surface area contributed by atoms with Gasteiger partial charge in [0.25, 0.3) is 5.91 Å². The quantitative estimate of drug-likeness (QED) is 0.887. The molecular formula is C14H11BrFNO. The van der Waals surface area contributed by atoms with Gasteiger partial charge < -0.3 is 5.32 Å². The van der Waals surface area contributed by atoms with Gasteiger partial charge >= 0.3 is 0 Å². The second-order valence-corrected chi connectivity index (χ2v) is 4.84. The third-order valence-electron chi connectivity index (χ3n) is 2.52. The van der Waals surface area contributed by atoms with Gasteiger partial charge in [-0.2, -0.15) is 0 Å². The third-order valence-corrected chi connectivity index (χ3v) is 3.01. The Morgan fingerprint density at radius 3 is 2.67 bits per heavy atom. The summed E-state index contributed by atoms with van der Waals surface area (Å²) in [5, 5.41) is 2.71. The molecule has 2 nitrogen and oxygen atoms in total. The fraction of sp³-hybridized carbons (Fsp3) is 0.0714. The highest BCUT2D eigenvalue weighted by Gasteiger charge is 2.08. The van der Waals surface area contributed by atoms with Crippen molar-refractivity contribution in [2.45, 2.75) is 6.92 Å². The van der Waals surface area contributed by atoms with Gasteiger partial charge in [0.1, 0.15) is 5.82 Å². The van der Waals surface area contributed by atoms with E-state index in [1.165, 1.54) is 6.07 Å². The lowest BCUT2D eigenvalue weighted by Gasteiger charge is -2.06. The average Bonchev–Trinajstić information content (AvgIpc) is 2.32. The summed E-state index contributed by atoms with van der Waals surface area (Å²) in [6, 6.07) is 11.7. The van der Waals surface area contributed by atoms with Gasteiger partial charge in [-0.25, -0.2) is 4.39 Å². The number of rotatable bonds is 2. The predicted molar refractivity (Wildman–Crippen MR) is 73.2 cm³/mol. The molecule has 0 aliphatic heterocycles. The number of halogens is 2. The lowest BCUT2D eigenvalue weighted by atomic mass is 10.1. The van der Waals surface area contributed by atoms with Crippen molar-refractivity contribution in [3.63, 3.8) is 0 Å². The van der Waals surface area contributed by atoms with Gasteiger partial charge in [-0.3, -0.25) is 4.79 Å². The van der Waals surface area contributed by atoms with Crippen molar-refractivity contribution >= 4 is 27.5 Å². The van der Waals surface area contributed by atoms with E-state index in [0.717, 1.165) is 4.47 Å². The van der Waals surface area contributed by atoms with E-state index >= 15 is 0 Å². The topological polar surface area (TPSA) is 29.1 Å². The Morgan fingerprint density at radius 1 is 1.22 bits per heavy atom. The van der Waals surface area contributed by atoms with Crippen molar-refractivity contribution in [2.75, 3.05) is 5.32 Å². The Morgan fingerprint density at radius 2 is 2.00 bits per heavy atom. The zero-order valence-electron chi connectivity index (χ0n) is 9.71. The van der Waals surface area contributed by atoms with E-state index in [-0.39, 0.29) is 11.7 Å². The normalized spacial score (nSPS) is 10.2. The third kappa shape index (κ3) is 2.96. The van der Waals surface area contributed by atoms with E-state index in [4.69, 9.17) is 0 Å². The van der Waals surface area contributed by atoms with E-state index < -0.39 is 0 Å². The van der Waals surface area contributed by atoms with Crippen molar-refractivity contribution < 1.29 is 9.18 Å². The molecule has 18 heavy (non-hydrogen) atoms. The zero-order chi connectivity index (χ0) is 13.1. The SMILES string of the molecule is Cc1ccc(C(=O)Nc2cccc(Br)c2)cc1F. The van der Waals surface area contributed by atoms with Crippen molar-refractivity contribution in [1.29, 1.82) is 0 Å². The summed E-state index contributed by atoms with van der Waals surface area (Å²) >= 11 is 3.32. The lowest BCUT2D eigenvalue weighted by molar-refractivity contribution is 0.102. The van der Waals surface area contributed by atoms with Crippen LogP contribution in [0.3, 0.4) is 0 Å². The molecule has 0 aliphatic carbocycles. The second kappa shape index (κ2) is 5.31. The van der Waals surface area contributed by atoms with Crippen LogP contribution in [0.15, 0.2) is 46.9 Å². The minimum atomic E-state index is -0.378. The minimum absolute atomic E-state index is 0.304. The van der Waals surface area contributed by atoms with Crippen LogP contribution < -0.4 is 5.32 Å². The van der Waals surface area contributed by atoms with Crippen LogP contribution >= 0.6 is 15.9 Å². The Bertz CT molecular complexity index is 598. The Kier molecular flexibility index (Phi) is 3.77. The highest BCUT2D eigenvalue weighted by molar-refractivity contribution is 9.10. The molecule has 0 saturated carbocycles. The van der Waals surface area contributed by atoms with Crippen LogP contribution in [-0.2, 0) is 0 Å². The maximum Gasteiger partial charge on any atom is 0.255 e. The number of aryl methyl sites for hydroxylation is 1. The van der Waals surface area contributed by atoms with E-state index in [9.17, 15) is 9.18 Å². The van der Waals surface area contributed by atoms with E-state index in [2.05, 4.69) is 21.2 Å². The largest absolute Gasteiger partial charge is 0.322 e. The summed E-state index contributed by atoms with van der Waals surface area (Å²) in [7, 11) is 0. The molecule has 0 unspecified atom stereocenters. The standard InChI is InChI=1S/C14H11BrFNO/c1-9-5-6-10(7-13(9)16)14(18)17-12-4-2-3-11(15)8-12/h2-8H,1H3,(H,17,18). The molecule has 2 rings (SSSR count). The molecule has 0 atom stereocenters. The monoisotopic (exact) mass is 307 g/mol. The number of hydrogen-bond acceptors (Lipinski definition) is 1. The molecule has 4 heteroatoms. The van der Waals surface area contributed by atoms with Crippen LogP contribution in [0, 0.1) is 12.7 Å². The fourth-order valence-electron chi connectivity index (χ4n) is 1.50. The first-order valence-electron chi connectivity index (χ1n) is 5.39.